The van der Waals surface area contributed by atoms with Crippen LogP contribution in [0.3, 0.4) is 0 Å². The highest BCUT2D eigenvalue weighted by molar-refractivity contribution is 5.67. The third-order valence-electron chi connectivity index (χ3n) is 5.40. The van der Waals surface area contributed by atoms with Gasteiger partial charge in [-0.1, -0.05) is 31.6 Å². The summed E-state index contributed by atoms with van der Waals surface area (Å²) < 4.78 is 11.6. The summed E-state index contributed by atoms with van der Waals surface area (Å²) in [5.41, 5.74) is 1.20. The summed E-state index contributed by atoms with van der Waals surface area (Å²) in [6.07, 6.45) is 3.91. The molecule has 1 saturated heterocycles. The summed E-state index contributed by atoms with van der Waals surface area (Å²) in [4.78, 5) is 11.8. The second-order valence-corrected chi connectivity index (χ2v) is 7.13. The Balaban J connectivity index is 2.18. The van der Waals surface area contributed by atoms with Gasteiger partial charge in [-0.2, -0.15) is 0 Å². The molecule has 0 aromatic heterocycles. The van der Waals surface area contributed by atoms with Gasteiger partial charge in [-0.3, -0.25) is 0 Å². The fourth-order valence-corrected chi connectivity index (χ4v) is 4.00. The highest BCUT2D eigenvalue weighted by Gasteiger charge is 2.53. The van der Waals surface area contributed by atoms with Crippen LogP contribution in [0.2, 0.25) is 0 Å². The van der Waals surface area contributed by atoms with Crippen molar-refractivity contribution in [3.8, 4) is 0 Å². The first-order valence-electron chi connectivity index (χ1n) is 8.17. The van der Waals surface area contributed by atoms with Crippen LogP contribution in [0.15, 0.2) is 24.3 Å². The van der Waals surface area contributed by atoms with Gasteiger partial charge < -0.3 is 14.8 Å². The minimum absolute atomic E-state index is 0.0522. The van der Waals surface area contributed by atoms with Crippen LogP contribution < -0.4 is 5.32 Å². The van der Waals surface area contributed by atoms with Crippen molar-refractivity contribution in [1.29, 1.82) is 0 Å². The maximum atomic E-state index is 11.8. The van der Waals surface area contributed by atoms with Crippen molar-refractivity contribution < 1.29 is 14.3 Å². The standard InChI is InChI=1S/C18H29NO3/c1-7-15-16-12(4)8-13(5)18(9-21-15,14(16)6)10-22-17(20)19-11(2)3/h7-8,11,13-16H,1,9-10H2,2-6H3,(H,19,20)/t13-,14-,15+,16-,18-/m1/s1. The van der Waals surface area contributed by atoms with Gasteiger partial charge in [0.1, 0.15) is 6.61 Å². The lowest BCUT2D eigenvalue weighted by Gasteiger charge is -2.54. The molecule has 0 spiro atoms. The zero-order valence-corrected chi connectivity index (χ0v) is 14.4. The van der Waals surface area contributed by atoms with Gasteiger partial charge in [0, 0.05) is 17.4 Å². The molecule has 4 nitrogen and oxygen atoms in total. The second kappa shape index (κ2) is 6.45. The van der Waals surface area contributed by atoms with Crippen LogP contribution in [0.5, 0.6) is 0 Å². The molecule has 1 heterocycles. The van der Waals surface area contributed by atoms with E-state index in [1.165, 1.54) is 5.57 Å². The van der Waals surface area contributed by atoms with Crippen LogP contribution in [0.4, 0.5) is 4.79 Å². The third-order valence-corrected chi connectivity index (χ3v) is 5.40. The molecule has 1 aliphatic carbocycles. The molecule has 2 aliphatic rings. The third kappa shape index (κ3) is 2.94. The topological polar surface area (TPSA) is 47.6 Å². The Morgan fingerprint density at radius 1 is 1.59 bits per heavy atom. The summed E-state index contributed by atoms with van der Waals surface area (Å²) in [5.74, 6) is 1.02. The highest BCUT2D eigenvalue weighted by atomic mass is 16.6. The summed E-state index contributed by atoms with van der Waals surface area (Å²) >= 11 is 0. The van der Waals surface area contributed by atoms with Crippen molar-refractivity contribution in [3.63, 3.8) is 0 Å². The summed E-state index contributed by atoms with van der Waals surface area (Å²) in [6, 6.07) is 0.0776. The number of rotatable bonds is 4. The normalized spacial score (nSPS) is 37.5. The first-order valence-corrected chi connectivity index (χ1v) is 8.17. The largest absolute Gasteiger partial charge is 0.449 e. The summed E-state index contributed by atoms with van der Waals surface area (Å²) in [5, 5.41) is 2.78. The van der Waals surface area contributed by atoms with Gasteiger partial charge in [0.2, 0.25) is 0 Å². The van der Waals surface area contributed by atoms with Gasteiger partial charge in [0.25, 0.3) is 0 Å². The van der Waals surface area contributed by atoms with Gasteiger partial charge in [0.15, 0.2) is 0 Å². The number of alkyl carbamates (subject to hydrolysis) is 1. The number of hydrogen-bond donors (Lipinski definition) is 1. The van der Waals surface area contributed by atoms with Crippen molar-refractivity contribution >= 4 is 6.09 Å². The Bertz CT molecular complexity index is 471. The Morgan fingerprint density at radius 3 is 2.86 bits per heavy atom. The first-order chi connectivity index (χ1) is 10.3. The molecule has 124 valence electrons. The molecule has 0 radical (unpaired) electrons. The average Bonchev–Trinajstić information content (AvgIpc) is 2.43. The van der Waals surface area contributed by atoms with E-state index in [-0.39, 0.29) is 23.7 Å². The van der Waals surface area contributed by atoms with Crippen LogP contribution in [0, 0.1) is 23.2 Å². The second-order valence-electron chi connectivity index (χ2n) is 7.13. The number of nitrogens with one attached hydrogen (secondary N) is 1. The monoisotopic (exact) mass is 307 g/mol. The van der Waals surface area contributed by atoms with E-state index in [1.807, 2.05) is 19.9 Å². The molecule has 0 saturated carbocycles. The van der Waals surface area contributed by atoms with Crippen molar-refractivity contribution in [2.45, 2.75) is 46.8 Å². The molecule has 0 aromatic rings. The lowest BCUT2D eigenvalue weighted by atomic mass is 9.56. The molecule has 1 N–H and O–H groups in total. The van der Waals surface area contributed by atoms with Gasteiger partial charge >= 0.3 is 6.09 Å². The average molecular weight is 307 g/mol. The van der Waals surface area contributed by atoms with Gasteiger partial charge in [-0.15, -0.1) is 6.58 Å². The Kier molecular flexibility index (Phi) is 5.00. The number of carbonyl (C=O) groups is 1. The SMILES string of the molecule is C=C[C@@H]1OC[C@@]2(COC(=O)NC(C)C)[C@H](C)C=C(C)[C@@H]1[C@H]2C. The van der Waals surface area contributed by atoms with E-state index < -0.39 is 0 Å². The van der Waals surface area contributed by atoms with E-state index in [9.17, 15) is 4.79 Å². The molecular weight excluding hydrogens is 278 g/mol. The zero-order chi connectivity index (χ0) is 16.5. The van der Waals surface area contributed by atoms with Crippen LogP contribution >= 0.6 is 0 Å². The molecule has 2 bridgehead atoms. The number of fused-ring (bicyclic) bond motifs is 2. The summed E-state index contributed by atoms with van der Waals surface area (Å²) in [7, 11) is 0. The van der Waals surface area contributed by atoms with Crippen LogP contribution in [-0.4, -0.2) is 31.5 Å². The van der Waals surface area contributed by atoms with Crippen LogP contribution in [-0.2, 0) is 9.47 Å². The molecule has 5 atom stereocenters. The van der Waals surface area contributed by atoms with Gasteiger partial charge in [0.05, 0.1) is 12.7 Å². The lowest BCUT2D eigenvalue weighted by Crippen LogP contribution is -2.56. The van der Waals surface area contributed by atoms with E-state index in [0.717, 1.165) is 0 Å². The fraction of sp³-hybridized carbons (Fsp3) is 0.722. The number of hydrogen-bond acceptors (Lipinski definition) is 3. The maximum Gasteiger partial charge on any atom is 0.407 e. The quantitative estimate of drug-likeness (QED) is 0.808. The van der Waals surface area contributed by atoms with Crippen molar-refractivity contribution in [1.82, 2.24) is 5.32 Å². The van der Waals surface area contributed by atoms with Gasteiger partial charge in [-0.25, -0.2) is 4.79 Å². The predicted molar refractivity (Wildman–Crippen MR) is 87.6 cm³/mol. The molecule has 1 amide bonds. The minimum Gasteiger partial charge on any atom is -0.449 e. The Labute approximate surface area is 133 Å². The number of ether oxygens (including phenoxy) is 2. The number of amides is 1. The molecular formula is C18H29NO3. The maximum absolute atomic E-state index is 11.8. The fourth-order valence-electron chi connectivity index (χ4n) is 4.00. The highest BCUT2D eigenvalue weighted by Crippen LogP contribution is 2.52. The van der Waals surface area contributed by atoms with Crippen molar-refractivity contribution in [2.24, 2.45) is 23.2 Å². The van der Waals surface area contributed by atoms with E-state index >= 15 is 0 Å². The molecule has 1 fully saturated rings. The van der Waals surface area contributed by atoms with E-state index in [0.29, 0.717) is 31.0 Å². The first kappa shape index (κ1) is 17.1. The van der Waals surface area contributed by atoms with E-state index in [4.69, 9.17) is 9.47 Å². The molecule has 0 unspecified atom stereocenters. The van der Waals surface area contributed by atoms with Crippen molar-refractivity contribution in [3.05, 3.63) is 24.3 Å². The lowest BCUT2D eigenvalue weighted by molar-refractivity contribution is -0.149. The Hall–Kier alpha value is -1.29. The molecule has 1 aliphatic heterocycles. The Morgan fingerprint density at radius 2 is 2.27 bits per heavy atom. The molecule has 22 heavy (non-hydrogen) atoms. The number of allylic oxidation sites excluding steroid dienone is 1. The molecule has 0 aromatic carbocycles. The van der Waals surface area contributed by atoms with Crippen LogP contribution in [0.25, 0.3) is 0 Å². The number of carbonyl (C=O) groups excluding carboxylic acids is 1. The van der Waals surface area contributed by atoms with Gasteiger partial charge in [-0.05, 0) is 32.6 Å². The van der Waals surface area contributed by atoms with Crippen LogP contribution in [0.1, 0.15) is 34.6 Å². The smallest absolute Gasteiger partial charge is 0.407 e. The predicted octanol–water partition coefficient (Wildman–Crippen LogP) is 3.54. The van der Waals surface area contributed by atoms with Crippen molar-refractivity contribution in [2.75, 3.05) is 13.2 Å². The van der Waals surface area contributed by atoms with E-state index in [2.05, 4.69) is 38.7 Å². The molecule has 2 rings (SSSR count). The summed E-state index contributed by atoms with van der Waals surface area (Å²) in [6.45, 7) is 15.3. The zero-order valence-electron chi connectivity index (χ0n) is 14.4. The minimum atomic E-state index is -0.350. The molecule has 4 heteroatoms. The van der Waals surface area contributed by atoms with E-state index in [1.54, 1.807) is 0 Å².